The summed E-state index contributed by atoms with van der Waals surface area (Å²) in [6, 6.07) is 15.7. The van der Waals surface area contributed by atoms with E-state index in [1.165, 1.54) is 0 Å². The fraction of sp³-hybridized carbons (Fsp3) is 0.176. The molecule has 5 heteroatoms. The number of amidine groups is 1. The zero-order valence-corrected chi connectivity index (χ0v) is 14.0. The molecule has 2 aromatic carbocycles. The van der Waals surface area contributed by atoms with Gasteiger partial charge in [0.05, 0.1) is 5.56 Å². The van der Waals surface area contributed by atoms with Crippen LogP contribution in [0.5, 0.6) is 0 Å². The van der Waals surface area contributed by atoms with Crippen LogP contribution in [0.3, 0.4) is 0 Å². The summed E-state index contributed by atoms with van der Waals surface area (Å²) in [7, 11) is 0. The van der Waals surface area contributed by atoms with Crippen LogP contribution in [0.2, 0.25) is 0 Å². The van der Waals surface area contributed by atoms with Crippen molar-refractivity contribution in [1.82, 2.24) is 0 Å². The van der Waals surface area contributed by atoms with E-state index in [4.69, 9.17) is 0 Å². The van der Waals surface area contributed by atoms with Gasteiger partial charge < -0.3 is 10.1 Å². The Morgan fingerprint density at radius 2 is 1.86 bits per heavy atom. The topological polar surface area (TPSA) is 41.7 Å². The van der Waals surface area contributed by atoms with Crippen molar-refractivity contribution in [3.8, 4) is 0 Å². The van der Waals surface area contributed by atoms with Crippen molar-refractivity contribution in [2.75, 3.05) is 18.0 Å². The van der Waals surface area contributed by atoms with Crippen LogP contribution in [0.25, 0.3) is 0 Å². The zero-order valence-electron chi connectivity index (χ0n) is 11.9. The molecule has 2 aromatic rings. The van der Waals surface area contributed by atoms with Crippen molar-refractivity contribution in [2.24, 2.45) is 4.99 Å². The third-order valence-electron chi connectivity index (χ3n) is 3.99. The molecule has 0 bridgehead atoms. The quantitative estimate of drug-likeness (QED) is 0.415. The van der Waals surface area contributed by atoms with Crippen LogP contribution in [0.15, 0.2) is 53.5 Å². The summed E-state index contributed by atoms with van der Waals surface area (Å²) in [5.74, 6) is 0.795. The molecule has 4 rings (SSSR count). The van der Waals surface area contributed by atoms with E-state index < -0.39 is 0 Å². The summed E-state index contributed by atoms with van der Waals surface area (Å²) >= 11 is 2.28. The van der Waals surface area contributed by atoms with Gasteiger partial charge in [-0.05, 0) is 47.2 Å². The normalized spacial score (nSPS) is 17.0. The molecule has 110 valence electrons. The number of hydrogen-bond acceptors (Lipinski definition) is 3. The van der Waals surface area contributed by atoms with E-state index in [0.717, 1.165) is 44.9 Å². The highest BCUT2D eigenvalue weighted by atomic mass is 127. The van der Waals surface area contributed by atoms with Crippen molar-refractivity contribution < 1.29 is 4.74 Å². The summed E-state index contributed by atoms with van der Waals surface area (Å²) in [6.07, 6.45) is 1.01. The summed E-state index contributed by atoms with van der Waals surface area (Å²) in [6.45, 7) is 1.67. The maximum atomic E-state index is 13.0. The van der Waals surface area contributed by atoms with E-state index in [-0.39, 0.29) is 0 Å². The predicted molar refractivity (Wildman–Crippen MR) is 97.3 cm³/mol. The minimum absolute atomic E-state index is 0.656. The minimum atomic E-state index is 0.656. The SMILES string of the molecule is [O-][N+]1=C(c2ccccc2I)C2=NCCCN2c2ccccc21. The number of hydrogen-bond donors (Lipinski definition) is 0. The average molecular weight is 403 g/mol. The van der Waals surface area contributed by atoms with Crippen molar-refractivity contribution in [2.45, 2.75) is 6.42 Å². The van der Waals surface area contributed by atoms with Gasteiger partial charge in [-0.1, -0.05) is 24.3 Å². The number of para-hydroxylation sites is 2. The van der Waals surface area contributed by atoms with Gasteiger partial charge in [-0.2, -0.15) is 4.74 Å². The van der Waals surface area contributed by atoms with Crippen molar-refractivity contribution >= 4 is 45.5 Å². The molecule has 0 fully saturated rings. The highest BCUT2D eigenvalue weighted by Crippen LogP contribution is 2.35. The molecule has 0 aromatic heterocycles. The maximum absolute atomic E-state index is 13.0. The molecule has 0 saturated heterocycles. The zero-order chi connectivity index (χ0) is 15.1. The Labute approximate surface area is 142 Å². The van der Waals surface area contributed by atoms with Crippen LogP contribution in [-0.4, -0.2) is 29.4 Å². The second-order valence-electron chi connectivity index (χ2n) is 5.32. The van der Waals surface area contributed by atoms with Gasteiger partial charge >= 0.3 is 0 Å². The molecular weight excluding hydrogens is 389 g/mol. The molecule has 0 atom stereocenters. The molecule has 2 aliphatic heterocycles. The van der Waals surface area contributed by atoms with E-state index >= 15 is 0 Å². The Morgan fingerprint density at radius 1 is 1.09 bits per heavy atom. The predicted octanol–water partition coefficient (Wildman–Crippen LogP) is 3.54. The molecule has 0 unspecified atom stereocenters. The van der Waals surface area contributed by atoms with Crippen LogP contribution in [0, 0.1) is 8.78 Å². The summed E-state index contributed by atoms with van der Waals surface area (Å²) in [5, 5.41) is 13.0. The van der Waals surface area contributed by atoms with E-state index in [1.54, 1.807) is 0 Å². The lowest BCUT2D eigenvalue weighted by atomic mass is 10.0. The summed E-state index contributed by atoms with van der Waals surface area (Å²) in [5.41, 5.74) is 3.24. The first-order chi connectivity index (χ1) is 10.8. The molecule has 0 amide bonds. The van der Waals surface area contributed by atoms with Crippen LogP contribution in [-0.2, 0) is 0 Å². The van der Waals surface area contributed by atoms with E-state index in [1.807, 2.05) is 48.5 Å². The molecule has 4 nitrogen and oxygen atoms in total. The Morgan fingerprint density at radius 3 is 2.73 bits per heavy atom. The monoisotopic (exact) mass is 403 g/mol. The maximum Gasteiger partial charge on any atom is 0.268 e. The van der Waals surface area contributed by atoms with E-state index in [2.05, 4.69) is 32.5 Å². The summed E-state index contributed by atoms with van der Waals surface area (Å²) in [4.78, 5) is 6.83. The van der Waals surface area contributed by atoms with Crippen molar-refractivity contribution in [3.63, 3.8) is 0 Å². The van der Waals surface area contributed by atoms with Crippen LogP contribution in [0.4, 0.5) is 11.4 Å². The number of anilines is 1. The number of nitrogens with zero attached hydrogens (tertiary/aromatic N) is 3. The second-order valence-corrected chi connectivity index (χ2v) is 6.48. The first-order valence-corrected chi connectivity index (χ1v) is 8.36. The second kappa shape index (κ2) is 5.39. The van der Waals surface area contributed by atoms with Gasteiger partial charge in [0, 0.05) is 22.7 Å². The smallest absolute Gasteiger partial charge is 0.268 e. The molecule has 2 heterocycles. The molecule has 22 heavy (non-hydrogen) atoms. The Balaban J connectivity index is 2.03. The fourth-order valence-corrected chi connectivity index (χ4v) is 3.64. The van der Waals surface area contributed by atoms with Crippen LogP contribution >= 0.6 is 22.6 Å². The van der Waals surface area contributed by atoms with Gasteiger partial charge in [-0.15, -0.1) is 0 Å². The number of benzene rings is 2. The third kappa shape index (κ3) is 2.03. The van der Waals surface area contributed by atoms with Crippen LogP contribution < -0.4 is 4.90 Å². The Hall–Kier alpha value is -1.89. The lowest BCUT2D eigenvalue weighted by Crippen LogP contribution is -2.46. The molecule has 0 saturated carbocycles. The molecule has 0 N–H and O–H groups in total. The number of rotatable bonds is 1. The standard InChI is InChI=1S/C17H14IN3O/c18-13-7-2-1-6-12(13)16-17-19-10-5-11-20(17)14-8-3-4-9-15(14)21(16)22/h1-4,6-9H,5,10-11H2. The number of halogens is 1. The minimum Gasteiger partial charge on any atom is -0.618 e. The average Bonchev–Trinajstić information content (AvgIpc) is 2.57. The van der Waals surface area contributed by atoms with E-state index in [0.29, 0.717) is 11.4 Å². The van der Waals surface area contributed by atoms with Gasteiger partial charge in [-0.3, -0.25) is 4.99 Å². The van der Waals surface area contributed by atoms with Crippen molar-refractivity contribution in [1.29, 1.82) is 0 Å². The van der Waals surface area contributed by atoms with Gasteiger partial charge in [0.2, 0.25) is 11.5 Å². The van der Waals surface area contributed by atoms with Gasteiger partial charge in [0.25, 0.3) is 5.71 Å². The van der Waals surface area contributed by atoms with Gasteiger partial charge in [0.15, 0.2) is 0 Å². The first-order valence-electron chi connectivity index (χ1n) is 7.28. The first kappa shape index (κ1) is 13.8. The molecule has 0 aliphatic carbocycles. The van der Waals surface area contributed by atoms with E-state index in [9.17, 15) is 5.21 Å². The molecule has 0 radical (unpaired) electrons. The Kier molecular flexibility index (Phi) is 3.37. The third-order valence-corrected chi connectivity index (χ3v) is 4.93. The Bertz CT molecular complexity index is 813. The van der Waals surface area contributed by atoms with Crippen LogP contribution in [0.1, 0.15) is 12.0 Å². The molecular formula is C17H14IN3O. The van der Waals surface area contributed by atoms with Gasteiger partial charge in [-0.25, -0.2) is 0 Å². The number of fused-ring (bicyclic) bond motifs is 3. The fourth-order valence-electron chi connectivity index (χ4n) is 3.00. The lowest BCUT2D eigenvalue weighted by Gasteiger charge is -2.33. The lowest BCUT2D eigenvalue weighted by molar-refractivity contribution is -0.358. The molecule has 0 spiro atoms. The number of aliphatic imine (C=N–C) groups is 1. The largest absolute Gasteiger partial charge is 0.618 e. The highest BCUT2D eigenvalue weighted by Gasteiger charge is 2.37. The molecule has 2 aliphatic rings. The van der Waals surface area contributed by atoms with Crippen molar-refractivity contribution in [3.05, 3.63) is 62.9 Å². The highest BCUT2D eigenvalue weighted by molar-refractivity contribution is 14.1. The van der Waals surface area contributed by atoms with Gasteiger partial charge in [0.1, 0.15) is 5.69 Å². The summed E-state index contributed by atoms with van der Waals surface area (Å²) < 4.78 is 2.09.